The van der Waals surface area contributed by atoms with Crippen LogP contribution in [0.5, 0.6) is 0 Å². The molecular formula is C14H20ClFN2O. The maximum absolute atomic E-state index is 13.2. The third-order valence-electron chi connectivity index (χ3n) is 3.71. The number of likely N-dealkylation sites (tertiary alicyclic amines) is 1. The number of benzene rings is 1. The van der Waals surface area contributed by atoms with Crippen molar-refractivity contribution >= 4 is 11.6 Å². The smallest absolute Gasteiger partial charge is 0.141 e. The molecule has 1 aliphatic rings. The van der Waals surface area contributed by atoms with E-state index in [0.717, 1.165) is 31.7 Å². The summed E-state index contributed by atoms with van der Waals surface area (Å²) in [6.45, 7) is 3.23. The number of hydrogen-bond acceptors (Lipinski definition) is 3. The highest BCUT2D eigenvalue weighted by Gasteiger charge is 2.28. The molecule has 1 aromatic carbocycles. The highest BCUT2D eigenvalue weighted by molar-refractivity contribution is 6.30. The van der Waals surface area contributed by atoms with Gasteiger partial charge in [-0.05, 0) is 36.6 Å². The summed E-state index contributed by atoms with van der Waals surface area (Å²) >= 11 is 5.85. The fraction of sp³-hybridized carbons (Fsp3) is 0.571. The van der Waals surface area contributed by atoms with E-state index in [4.69, 9.17) is 22.1 Å². The molecule has 3 nitrogen and oxygen atoms in total. The summed E-state index contributed by atoms with van der Waals surface area (Å²) in [5.74, 6) is 0.162. The predicted octanol–water partition coefficient (Wildman–Crippen LogP) is 2.45. The number of ether oxygens (including phenoxy) is 1. The van der Waals surface area contributed by atoms with Gasteiger partial charge in [0.25, 0.3) is 0 Å². The summed E-state index contributed by atoms with van der Waals surface area (Å²) in [6.07, 6.45) is 1.11. The largest absolute Gasteiger partial charge is 0.384 e. The van der Waals surface area contributed by atoms with Gasteiger partial charge in [-0.2, -0.15) is 0 Å². The van der Waals surface area contributed by atoms with Crippen LogP contribution in [0.3, 0.4) is 0 Å². The molecule has 0 saturated carbocycles. The Hall–Kier alpha value is -0.680. The Bertz CT molecular complexity index is 430. The van der Waals surface area contributed by atoms with Crippen molar-refractivity contribution < 1.29 is 9.13 Å². The van der Waals surface area contributed by atoms with Gasteiger partial charge < -0.3 is 10.5 Å². The quantitative estimate of drug-likeness (QED) is 0.904. The lowest BCUT2D eigenvalue weighted by molar-refractivity contribution is 0.147. The maximum Gasteiger partial charge on any atom is 0.141 e. The fourth-order valence-corrected chi connectivity index (χ4v) is 2.92. The van der Waals surface area contributed by atoms with E-state index in [1.165, 1.54) is 6.07 Å². The average molecular weight is 287 g/mol. The van der Waals surface area contributed by atoms with Gasteiger partial charge in [0.05, 0.1) is 11.6 Å². The van der Waals surface area contributed by atoms with Crippen molar-refractivity contribution in [3.63, 3.8) is 0 Å². The van der Waals surface area contributed by atoms with E-state index in [0.29, 0.717) is 12.5 Å². The molecule has 1 aromatic rings. The highest BCUT2D eigenvalue weighted by Crippen LogP contribution is 2.29. The molecule has 2 rings (SSSR count). The molecule has 2 N–H and O–H groups in total. The summed E-state index contributed by atoms with van der Waals surface area (Å²) in [5, 5.41) is 0.156. The van der Waals surface area contributed by atoms with Crippen LogP contribution in [0.15, 0.2) is 18.2 Å². The van der Waals surface area contributed by atoms with Gasteiger partial charge >= 0.3 is 0 Å². The van der Waals surface area contributed by atoms with Crippen molar-refractivity contribution in [2.24, 2.45) is 11.7 Å². The molecule has 0 amide bonds. The molecule has 106 valence electrons. The zero-order valence-corrected chi connectivity index (χ0v) is 11.9. The summed E-state index contributed by atoms with van der Waals surface area (Å²) in [4.78, 5) is 2.33. The topological polar surface area (TPSA) is 38.5 Å². The summed E-state index contributed by atoms with van der Waals surface area (Å²) in [5.41, 5.74) is 6.86. The second-order valence-electron chi connectivity index (χ2n) is 5.03. The molecule has 0 bridgehead atoms. The molecule has 19 heavy (non-hydrogen) atoms. The van der Waals surface area contributed by atoms with E-state index in [9.17, 15) is 4.39 Å². The molecule has 0 aliphatic carbocycles. The normalized spacial score (nSPS) is 21.8. The minimum Gasteiger partial charge on any atom is -0.384 e. The van der Waals surface area contributed by atoms with Crippen LogP contribution in [0.1, 0.15) is 18.0 Å². The van der Waals surface area contributed by atoms with Crippen LogP contribution >= 0.6 is 11.6 Å². The van der Waals surface area contributed by atoms with Crippen LogP contribution in [0.4, 0.5) is 4.39 Å². The van der Waals surface area contributed by atoms with Gasteiger partial charge in [-0.15, -0.1) is 0 Å². The summed E-state index contributed by atoms with van der Waals surface area (Å²) in [6, 6.07) is 4.95. The van der Waals surface area contributed by atoms with Gasteiger partial charge in [0.1, 0.15) is 5.82 Å². The molecule has 1 aliphatic heterocycles. The first kappa shape index (κ1) is 14.7. The van der Waals surface area contributed by atoms with E-state index < -0.39 is 0 Å². The Morgan fingerprint density at radius 3 is 3.00 bits per heavy atom. The van der Waals surface area contributed by atoms with Gasteiger partial charge in [0.15, 0.2) is 0 Å². The number of rotatable bonds is 5. The molecule has 5 heteroatoms. The minimum atomic E-state index is -0.389. The van der Waals surface area contributed by atoms with E-state index >= 15 is 0 Å². The van der Waals surface area contributed by atoms with Crippen LogP contribution in [-0.4, -0.2) is 38.3 Å². The van der Waals surface area contributed by atoms with E-state index in [1.54, 1.807) is 19.2 Å². The fourth-order valence-electron chi connectivity index (χ4n) is 2.73. The van der Waals surface area contributed by atoms with Crippen molar-refractivity contribution in [1.82, 2.24) is 4.90 Å². The van der Waals surface area contributed by atoms with Crippen LogP contribution in [0.2, 0.25) is 5.02 Å². The van der Waals surface area contributed by atoms with Gasteiger partial charge in [-0.1, -0.05) is 17.7 Å². The molecule has 1 heterocycles. The minimum absolute atomic E-state index is 0.0972. The second-order valence-corrected chi connectivity index (χ2v) is 5.44. The lowest BCUT2D eigenvalue weighted by Gasteiger charge is -2.27. The van der Waals surface area contributed by atoms with Crippen molar-refractivity contribution in [2.45, 2.75) is 12.5 Å². The first-order chi connectivity index (χ1) is 9.15. The number of methoxy groups -OCH3 is 1. The monoisotopic (exact) mass is 286 g/mol. The van der Waals surface area contributed by atoms with Crippen molar-refractivity contribution in [2.75, 3.05) is 33.4 Å². The third kappa shape index (κ3) is 3.45. The van der Waals surface area contributed by atoms with Gasteiger partial charge in [0, 0.05) is 26.2 Å². The van der Waals surface area contributed by atoms with Crippen LogP contribution < -0.4 is 5.73 Å². The molecule has 1 fully saturated rings. The Balaban J connectivity index is 2.09. The number of nitrogens with zero attached hydrogens (tertiary/aromatic N) is 1. The van der Waals surface area contributed by atoms with Crippen molar-refractivity contribution in [1.29, 1.82) is 0 Å². The lowest BCUT2D eigenvalue weighted by atomic mass is 10.1. The molecule has 1 saturated heterocycles. The maximum atomic E-state index is 13.2. The first-order valence-electron chi connectivity index (χ1n) is 6.53. The molecule has 2 atom stereocenters. The second kappa shape index (κ2) is 6.66. The van der Waals surface area contributed by atoms with Crippen molar-refractivity contribution in [3.8, 4) is 0 Å². The Labute approximate surface area is 118 Å². The van der Waals surface area contributed by atoms with E-state index in [-0.39, 0.29) is 16.9 Å². The highest BCUT2D eigenvalue weighted by atomic mass is 35.5. The zero-order valence-electron chi connectivity index (χ0n) is 11.1. The Morgan fingerprint density at radius 1 is 1.58 bits per heavy atom. The number of halogens is 2. The van der Waals surface area contributed by atoms with Crippen LogP contribution in [-0.2, 0) is 4.74 Å². The van der Waals surface area contributed by atoms with Gasteiger partial charge in [0.2, 0.25) is 0 Å². The average Bonchev–Trinajstić information content (AvgIpc) is 2.83. The summed E-state index contributed by atoms with van der Waals surface area (Å²) in [7, 11) is 1.73. The molecule has 0 radical (unpaired) electrons. The SMILES string of the molecule is COCC1CCN(C(CN)c2ccc(F)c(Cl)c2)C1. The van der Waals surface area contributed by atoms with Crippen molar-refractivity contribution in [3.05, 3.63) is 34.6 Å². The summed E-state index contributed by atoms with van der Waals surface area (Å²) < 4.78 is 18.4. The Morgan fingerprint density at radius 2 is 2.37 bits per heavy atom. The lowest BCUT2D eigenvalue weighted by Crippen LogP contribution is -2.32. The predicted molar refractivity (Wildman–Crippen MR) is 74.8 cm³/mol. The molecule has 2 unspecified atom stereocenters. The number of hydrogen-bond donors (Lipinski definition) is 1. The zero-order chi connectivity index (χ0) is 13.8. The molecular weight excluding hydrogens is 267 g/mol. The van der Waals surface area contributed by atoms with Crippen LogP contribution in [0.25, 0.3) is 0 Å². The van der Waals surface area contributed by atoms with E-state index in [1.807, 2.05) is 0 Å². The molecule has 0 aromatic heterocycles. The third-order valence-corrected chi connectivity index (χ3v) is 4.00. The van der Waals surface area contributed by atoms with Crippen LogP contribution in [0, 0.1) is 11.7 Å². The first-order valence-corrected chi connectivity index (χ1v) is 6.91. The van der Waals surface area contributed by atoms with E-state index in [2.05, 4.69) is 4.90 Å². The molecule has 0 spiro atoms. The van der Waals surface area contributed by atoms with Gasteiger partial charge in [-0.25, -0.2) is 4.39 Å². The standard InChI is InChI=1S/C14H20ClFN2O/c1-19-9-10-4-5-18(8-10)14(7-17)11-2-3-13(16)12(15)6-11/h2-3,6,10,14H,4-5,7-9,17H2,1H3. The number of nitrogens with two attached hydrogens (primary N) is 1. The Kier molecular flexibility index (Phi) is 5.16. The van der Waals surface area contributed by atoms with Gasteiger partial charge in [-0.3, -0.25) is 4.90 Å².